The summed E-state index contributed by atoms with van der Waals surface area (Å²) in [5, 5.41) is 111. The number of aryl methyl sites for hydroxylation is 1. The molecule has 2 aliphatic heterocycles. The Kier molecular flexibility index (Phi) is 10.7. The summed E-state index contributed by atoms with van der Waals surface area (Å²) in [6.45, 7) is 1.40. The summed E-state index contributed by atoms with van der Waals surface area (Å²) >= 11 is 0. The van der Waals surface area contributed by atoms with E-state index in [9.17, 15) is 70.2 Å². The summed E-state index contributed by atoms with van der Waals surface area (Å²) in [4.78, 5) is 52.5. The number of phenols is 3. The number of nitrogens with one attached hydrogen (secondary N) is 1. The first-order valence-corrected chi connectivity index (χ1v) is 17.8. The highest BCUT2D eigenvalue weighted by Gasteiger charge is 2.51. The van der Waals surface area contributed by atoms with Gasteiger partial charge < -0.3 is 80.1 Å². The van der Waals surface area contributed by atoms with Crippen molar-refractivity contribution in [2.24, 2.45) is 0 Å². The largest absolute Gasteiger partial charge is 0.507 e. The highest BCUT2D eigenvalue weighted by atomic mass is 16.7. The van der Waals surface area contributed by atoms with Gasteiger partial charge >= 0.3 is 5.97 Å². The van der Waals surface area contributed by atoms with E-state index in [0.29, 0.717) is 0 Å². The summed E-state index contributed by atoms with van der Waals surface area (Å²) in [5.74, 6) is -6.79. The van der Waals surface area contributed by atoms with E-state index in [2.05, 4.69) is 5.32 Å². The molecule has 11 N–H and O–H groups in total. The lowest BCUT2D eigenvalue weighted by Gasteiger charge is -2.45. The van der Waals surface area contributed by atoms with Gasteiger partial charge in [-0.1, -0.05) is 6.07 Å². The molecule has 0 bridgehead atoms. The SMILES string of the molecule is COc1cc(O)c2c(c1)C(=O)c1c(cc3c(c1O)-c1c(cc(C)c(C(=O)NCC(=O)O)c1O)C(OC1OC(C)C(O)C(OC4OCC(O)C(O)C4O)C1O)C3O)C2=O. The van der Waals surface area contributed by atoms with Gasteiger partial charge in [-0.3, -0.25) is 19.2 Å². The predicted molar refractivity (Wildman–Crippen MR) is 189 cm³/mol. The minimum Gasteiger partial charge on any atom is -0.507 e. The van der Waals surface area contributed by atoms with E-state index in [1.165, 1.54) is 33.1 Å². The number of hydrogen-bond acceptors (Lipinski definition) is 18. The maximum atomic E-state index is 14.0. The van der Waals surface area contributed by atoms with Crippen LogP contribution in [0.3, 0.4) is 0 Å². The molecule has 7 rings (SSSR count). The Hall–Kier alpha value is -5.26. The quantitative estimate of drug-likeness (QED) is 0.0992. The molecule has 2 heterocycles. The summed E-state index contributed by atoms with van der Waals surface area (Å²) < 4.78 is 28.0. The lowest BCUT2D eigenvalue weighted by molar-refractivity contribution is -0.353. The van der Waals surface area contributed by atoms with Crippen LogP contribution in [0.2, 0.25) is 0 Å². The number of ketones is 2. The number of benzene rings is 3. The number of aliphatic carboxylic acids is 1. The van der Waals surface area contributed by atoms with Gasteiger partial charge in [0.2, 0.25) is 0 Å². The van der Waals surface area contributed by atoms with Crippen LogP contribution >= 0.6 is 0 Å². The molecule has 3 aromatic rings. The van der Waals surface area contributed by atoms with Gasteiger partial charge in [-0.25, -0.2) is 0 Å². The van der Waals surface area contributed by atoms with Crippen molar-refractivity contribution >= 4 is 23.4 Å². The van der Waals surface area contributed by atoms with Crippen LogP contribution in [0.15, 0.2) is 24.3 Å². The number of carboxylic acid groups (broad SMARTS) is 1. The van der Waals surface area contributed by atoms with Crippen LogP contribution in [0.4, 0.5) is 0 Å². The number of ether oxygens (including phenoxy) is 5. The predicted octanol–water partition coefficient (Wildman–Crippen LogP) is -1.23. The van der Waals surface area contributed by atoms with Crippen molar-refractivity contribution in [2.45, 2.75) is 81.4 Å². The fourth-order valence-electron chi connectivity index (χ4n) is 7.79. The van der Waals surface area contributed by atoms with Gasteiger partial charge in [0.25, 0.3) is 5.91 Å². The van der Waals surface area contributed by atoms with Crippen molar-refractivity contribution < 1.29 is 93.9 Å². The van der Waals surface area contributed by atoms with Crippen LogP contribution in [0, 0.1) is 6.92 Å². The number of carbonyl (C=O) groups excluding carboxylic acids is 3. The standard InChI is InChI=1S/C38H39NO19/c1-10-4-16-23(30(49)20(10)36(53)39-8-19(42)43)22-14(7-15-24(31(22)50)27(46)13-5-12(54-3)6-17(40)21(13)26(15)45)28(47)34(16)57-38-33(52)35(25(44)11(2)56-38)58-37-32(51)29(48)18(41)9-55-37/h4-7,11,18,25,28-29,32-35,37-38,40-41,44,47-52H,8-9H2,1-3H3,(H,39,53)(H,42,43). The molecule has 2 fully saturated rings. The van der Waals surface area contributed by atoms with Gasteiger partial charge in [0.15, 0.2) is 24.1 Å². The third kappa shape index (κ3) is 6.52. The Morgan fingerprint density at radius 3 is 2.12 bits per heavy atom. The van der Waals surface area contributed by atoms with E-state index < -0.39 is 155 Å². The number of phenolic OH excluding ortho intramolecular Hbond substituents is 3. The Bertz CT molecular complexity index is 2220. The second kappa shape index (κ2) is 15.2. The molecule has 3 aromatic carbocycles. The highest BCUT2D eigenvalue weighted by Crippen LogP contribution is 2.57. The third-order valence-electron chi connectivity index (χ3n) is 10.7. The van der Waals surface area contributed by atoms with Crippen molar-refractivity contribution in [3.63, 3.8) is 0 Å². The summed E-state index contributed by atoms with van der Waals surface area (Å²) in [5.41, 5.74) is -3.65. The summed E-state index contributed by atoms with van der Waals surface area (Å²) in [6.07, 6.45) is -18.5. The fourth-order valence-corrected chi connectivity index (χ4v) is 7.79. The first kappa shape index (κ1) is 40.9. The van der Waals surface area contributed by atoms with Gasteiger partial charge in [-0.15, -0.1) is 0 Å². The van der Waals surface area contributed by atoms with E-state index in [1.807, 2.05) is 0 Å². The Morgan fingerprint density at radius 2 is 1.45 bits per heavy atom. The average molecular weight is 814 g/mol. The van der Waals surface area contributed by atoms with Crippen molar-refractivity contribution in [3.05, 3.63) is 68.8 Å². The van der Waals surface area contributed by atoms with Gasteiger partial charge in [-0.2, -0.15) is 0 Å². The fraction of sp³-hybridized carbons (Fsp3) is 0.421. The number of aromatic hydroxyl groups is 3. The normalized spacial score (nSPS) is 30.1. The molecule has 0 spiro atoms. The number of carboxylic acids is 1. The number of rotatable bonds is 8. The van der Waals surface area contributed by atoms with Crippen molar-refractivity contribution in [1.29, 1.82) is 0 Å². The number of aliphatic hydroxyl groups is 6. The molecule has 2 saturated heterocycles. The average Bonchev–Trinajstić information content (AvgIpc) is 3.17. The minimum atomic E-state index is -1.95. The van der Waals surface area contributed by atoms with Gasteiger partial charge in [0, 0.05) is 28.3 Å². The molecule has 310 valence electrons. The number of aliphatic hydroxyl groups excluding tert-OH is 6. The van der Waals surface area contributed by atoms with E-state index in [-0.39, 0.29) is 28.0 Å². The zero-order valence-electron chi connectivity index (χ0n) is 30.7. The smallest absolute Gasteiger partial charge is 0.322 e. The van der Waals surface area contributed by atoms with E-state index in [1.54, 1.807) is 0 Å². The molecular weight excluding hydrogens is 774 g/mol. The highest BCUT2D eigenvalue weighted by molar-refractivity contribution is 6.31. The number of hydrogen-bond donors (Lipinski definition) is 11. The Labute approximate surface area is 327 Å². The van der Waals surface area contributed by atoms with Crippen LogP contribution < -0.4 is 10.1 Å². The van der Waals surface area contributed by atoms with Gasteiger partial charge in [0.05, 0.1) is 36.5 Å². The lowest BCUT2D eigenvalue weighted by atomic mass is 9.74. The number of fused-ring (bicyclic) bond motifs is 5. The van der Waals surface area contributed by atoms with Crippen molar-refractivity contribution in [2.75, 3.05) is 20.3 Å². The zero-order chi connectivity index (χ0) is 42.2. The molecule has 0 radical (unpaired) electrons. The minimum absolute atomic E-state index is 0.00267. The molecule has 2 aliphatic carbocycles. The second-order valence-electron chi connectivity index (χ2n) is 14.3. The maximum Gasteiger partial charge on any atom is 0.322 e. The monoisotopic (exact) mass is 813 g/mol. The molecule has 4 aliphatic rings. The molecule has 0 saturated carbocycles. The third-order valence-corrected chi connectivity index (χ3v) is 10.7. The molecule has 58 heavy (non-hydrogen) atoms. The number of carbonyl (C=O) groups is 4. The van der Waals surface area contributed by atoms with E-state index >= 15 is 0 Å². The molecular formula is C38H39NO19. The van der Waals surface area contributed by atoms with Crippen LogP contribution in [0.25, 0.3) is 11.1 Å². The summed E-state index contributed by atoms with van der Waals surface area (Å²) in [6, 6.07) is 4.55. The van der Waals surface area contributed by atoms with Gasteiger partial charge in [0.1, 0.15) is 78.4 Å². The Morgan fingerprint density at radius 1 is 0.793 bits per heavy atom. The first-order valence-electron chi connectivity index (χ1n) is 17.8. The Balaban J connectivity index is 1.36. The molecule has 20 nitrogen and oxygen atoms in total. The van der Waals surface area contributed by atoms with Crippen LogP contribution in [-0.4, -0.2) is 150 Å². The maximum absolute atomic E-state index is 14.0. The van der Waals surface area contributed by atoms with Crippen LogP contribution in [0.5, 0.6) is 23.0 Å². The molecule has 11 atom stereocenters. The second-order valence-corrected chi connectivity index (χ2v) is 14.3. The van der Waals surface area contributed by atoms with Crippen LogP contribution in [0.1, 0.15) is 78.0 Å². The van der Waals surface area contributed by atoms with Crippen molar-refractivity contribution in [1.82, 2.24) is 5.32 Å². The topological polar surface area (TPSA) is 329 Å². The van der Waals surface area contributed by atoms with Gasteiger partial charge in [-0.05, 0) is 42.7 Å². The van der Waals surface area contributed by atoms with E-state index in [0.717, 1.165) is 12.1 Å². The lowest BCUT2D eigenvalue weighted by Crippen LogP contribution is -2.62. The first-order chi connectivity index (χ1) is 27.4. The number of methoxy groups -OCH3 is 1. The molecule has 0 aromatic heterocycles. The van der Waals surface area contributed by atoms with E-state index in [4.69, 9.17) is 23.7 Å². The molecule has 20 heteroatoms. The van der Waals surface area contributed by atoms with Crippen LogP contribution in [-0.2, 0) is 23.7 Å². The van der Waals surface area contributed by atoms with Crippen molar-refractivity contribution in [3.8, 4) is 34.1 Å². The number of amides is 1. The molecule has 1 amide bonds. The summed E-state index contributed by atoms with van der Waals surface area (Å²) in [7, 11) is 1.25. The molecule has 11 unspecified atom stereocenters. The zero-order valence-corrected chi connectivity index (χ0v) is 30.7.